The average molecular weight is 295 g/mol. The van der Waals surface area contributed by atoms with Crippen molar-refractivity contribution in [3.63, 3.8) is 0 Å². The summed E-state index contributed by atoms with van der Waals surface area (Å²) in [5.74, 6) is 1.47. The summed E-state index contributed by atoms with van der Waals surface area (Å²) in [6.07, 6.45) is 0. The van der Waals surface area contributed by atoms with Crippen molar-refractivity contribution in [1.82, 2.24) is 9.97 Å². The van der Waals surface area contributed by atoms with E-state index in [0.717, 1.165) is 43.5 Å². The zero-order chi connectivity index (χ0) is 15.4. The van der Waals surface area contributed by atoms with Gasteiger partial charge in [0.15, 0.2) is 0 Å². The van der Waals surface area contributed by atoms with Crippen molar-refractivity contribution in [2.24, 2.45) is 0 Å². The lowest BCUT2D eigenvalue weighted by molar-refractivity contribution is 0.122. The molecule has 1 fully saturated rings. The van der Waals surface area contributed by atoms with Crippen LogP contribution < -0.4 is 10.2 Å². The van der Waals surface area contributed by atoms with Gasteiger partial charge in [0.1, 0.15) is 5.82 Å². The van der Waals surface area contributed by atoms with Crippen LogP contribution in [0.4, 0.5) is 17.5 Å². The summed E-state index contributed by atoms with van der Waals surface area (Å²) in [6.45, 7) is 5.08. The minimum Gasteiger partial charge on any atom is -0.378 e. The van der Waals surface area contributed by atoms with Crippen molar-refractivity contribution >= 4 is 17.5 Å². The predicted octanol–water partition coefficient (Wildman–Crippen LogP) is 2.24. The first-order valence-electron chi connectivity index (χ1n) is 7.20. The van der Waals surface area contributed by atoms with Gasteiger partial charge in [-0.25, -0.2) is 4.98 Å². The summed E-state index contributed by atoms with van der Waals surface area (Å²) in [7, 11) is 0. The average Bonchev–Trinajstić information content (AvgIpc) is 2.56. The van der Waals surface area contributed by atoms with Crippen LogP contribution in [-0.4, -0.2) is 36.3 Å². The topological polar surface area (TPSA) is 74.1 Å². The molecule has 0 atom stereocenters. The van der Waals surface area contributed by atoms with Gasteiger partial charge < -0.3 is 15.0 Å². The second-order valence-corrected chi connectivity index (χ2v) is 5.10. The minimum absolute atomic E-state index is 0.561. The van der Waals surface area contributed by atoms with Gasteiger partial charge in [-0.3, -0.25) is 0 Å². The molecule has 6 nitrogen and oxygen atoms in total. The third kappa shape index (κ3) is 3.32. The quantitative estimate of drug-likeness (QED) is 0.936. The summed E-state index contributed by atoms with van der Waals surface area (Å²) in [6, 6.07) is 11.3. The molecule has 6 heteroatoms. The van der Waals surface area contributed by atoms with Crippen LogP contribution >= 0.6 is 0 Å². The van der Waals surface area contributed by atoms with Crippen molar-refractivity contribution in [2.45, 2.75) is 6.92 Å². The zero-order valence-electron chi connectivity index (χ0n) is 12.4. The van der Waals surface area contributed by atoms with E-state index < -0.39 is 0 Å². The number of nitrogens with zero attached hydrogens (tertiary/aromatic N) is 4. The molecule has 0 radical (unpaired) electrons. The highest BCUT2D eigenvalue weighted by molar-refractivity contribution is 5.57. The number of morpholine rings is 1. The standard InChI is InChI=1S/C16H17N5O/c1-12-10-15(21-6-8-22-9-7-21)20-16(18-12)19-14-4-2-13(11-17)3-5-14/h2-5,10H,6-9H2,1H3,(H,18,19,20). The molecule has 0 saturated carbocycles. The number of anilines is 3. The summed E-state index contributed by atoms with van der Waals surface area (Å²) in [4.78, 5) is 11.2. The van der Waals surface area contributed by atoms with Gasteiger partial charge in [-0.2, -0.15) is 10.2 Å². The lowest BCUT2D eigenvalue weighted by Crippen LogP contribution is -2.36. The molecular weight excluding hydrogens is 278 g/mol. The van der Waals surface area contributed by atoms with Crippen LogP contribution in [0.1, 0.15) is 11.3 Å². The van der Waals surface area contributed by atoms with Gasteiger partial charge in [0, 0.05) is 30.5 Å². The molecule has 0 amide bonds. The Morgan fingerprint density at radius 3 is 2.59 bits per heavy atom. The van der Waals surface area contributed by atoms with Gasteiger partial charge in [-0.1, -0.05) is 0 Å². The molecular formula is C16H17N5O. The zero-order valence-corrected chi connectivity index (χ0v) is 12.4. The predicted molar refractivity (Wildman–Crippen MR) is 84.2 cm³/mol. The number of nitriles is 1. The fourth-order valence-corrected chi connectivity index (χ4v) is 2.32. The van der Waals surface area contributed by atoms with E-state index in [1.54, 1.807) is 12.1 Å². The van der Waals surface area contributed by atoms with E-state index in [-0.39, 0.29) is 0 Å². The van der Waals surface area contributed by atoms with Crippen LogP contribution in [0.25, 0.3) is 0 Å². The third-order valence-corrected chi connectivity index (χ3v) is 3.45. The maximum absolute atomic E-state index is 8.82. The normalized spacial score (nSPS) is 14.5. The van der Waals surface area contributed by atoms with Gasteiger partial charge in [-0.15, -0.1) is 0 Å². The number of rotatable bonds is 3. The van der Waals surface area contributed by atoms with Crippen LogP contribution in [-0.2, 0) is 4.74 Å². The number of nitrogens with one attached hydrogen (secondary N) is 1. The number of hydrogen-bond acceptors (Lipinski definition) is 6. The Kier molecular flexibility index (Phi) is 4.17. The van der Waals surface area contributed by atoms with Crippen LogP contribution in [0.2, 0.25) is 0 Å². The van der Waals surface area contributed by atoms with Crippen LogP contribution in [0.15, 0.2) is 30.3 Å². The van der Waals surface area contributed by atoms with E-state index in [0.29, 0.717) is 11.5 Å². The van der Waals surface area contributed by atoms with Crippen LogP contribution in [0.5, 0.6) is 0 Å². The molecule has 0 spiro atoms. The summed E-state index contributed by atoms with van der Waals surface area (Å²) in [5, 5.41) is 12.0. The molecule has 0 aliphatic carbocycles. The molecule has 22 heavy (non-hydrogen) atoms. The Hall–Kier alpha value is -2.65. The second kappa shape index (κ2) is 6.41. The SMILES string of the molecule is Cc1cc(N2CCOCC2)nc(Nc2ccc(C#N)cc2)n1. The molecule has 112 valence electrons. The molecule has 1 aliphatic heterocycles. The van der Waals surface area contributed by atoms with Crippen molar-refractivity contribution < 1.29 is 4.74 Å². The molecule has 2 heterocycles. The van der Waals surface area contributed by atoms with E-state index in [4.69, 9.17) is 10.00 Å². The van der Waals surface area contributed by atoms with E-state index in [9.17, 15) is 0 Å². The Balaban J connectivity index is 1.80. The molecule has 0 bridgehead atoms. The second-order valence-electron chi connectivity index (χ2n) is 5.10. The third-order valence-electron chi connectivity index (χ3n) is 3.45. The molecule has 0 unspecified atom stereocenters. The van der Waals surface area contributed by atoms with Crippen molar-refractivity contribution in [3.8, 4) is 6.07 Å². The maximum Gasteiger partial charge on any atom is 0.229 e. The highest BCUT2D eigenvalue weighted by atomic mass is 16.5. The molecule has 1 N–H and O–H groups in total. The maximum atomic E-state index is 8.82. The van der Waals surface area contributed by atoms with Crippen LogP contribution in [0.3, 0.4) is 0 Å². The number of hydrogen-bond donors (Lipinski definition) is 1. The van der Waals surface area contributed by atoms with Crippen molar-refractivity contribution in [2.75, 3.05) is 36.5 Å². The Morgan fingerprint density at radius 2 is 1.91 bits per heavy atom. The Bertz CT molecular complexity index is 687. The number of ether oxygens (including phenoxy) is 1. The van der Waals surface area contributed by atoms with Gasteiger partial charge >= 0.3 is 0 Å². The highest BCUT2D eigenvalue weighted by Gasteiger charge is 2.14. The highest BCUT2D eigenvalue weighted by Crippen LogP contribution is 2.19. The van der Waals surface area contributed by atoms with Crippen molar-refractivity contribution in [1.29, 1.82) is 5.26 Å². The smallest absolute Gasteiger partial charge is 0.229 e. The lowest BCUT2D eigenvalue weighted by atomic mass is 10.2. The number of benzene rings is 1. The fourth-order valence-electron chi connectivity index (χ4n) is 2.32. The van der Waals surface area contributed by atoms with E-state index in [2.05, 4.69) is 26.3 Å². The molecule has 1 aliphatic rings. The lowest BCUT2D eigenvalue weighted by Gasteiger charge is -2.28. The first kappa shape index (κ1) is 14.3. The van der Waals surface area contributed by atoms with Gasteiger partial charge in [0.05, 0.1) is 24.8 Å². The van der Waals surface area contributed by atoms with E-state index >= 15 is 0 Å². The monoisotopic (exact) mass is 295 g/mol. The molecule has 1 aromatic heterocycles. The number of aryl methyl sites for hydroxylation is 1. The fraction of sp³-hybridized carbons (Fsp3) is 0.312. The summed E-state index contributed by atoms with van der Waals surface area (Å²) in [5.41, 5.74) is 2.40. The first-order chi connectivity index (χ1) is 10.7. The number of aromatic nitrogens is 2. The first-order valence-corrected chi connectivity index (χ1v) is 7.20. The summed E-state index contributed by atoms with van der Waals surface area (Å²) >= 11 is 0. The van der Waals surface area contributed by atoms with Gasteiger partial charge in [0.25, 0.3) is 0 Å². The Morgan fingerprint density at radius 1 is 1.18 bits per heavy atom. The molecule has 3 rings (SSSR count). The van der Waals surface area contributed by atoms with E-state index in [1.807, 2.05) is 25.1 Å². The van der Waals surface area contributed by atoms with Gasteiger partial charge in [-0.05, 0) is 31.2 Å². The molecule has 2 aromatic rings. The molecule has 1 saturated heterocycles. The molecule has 1 aromatic carbocycles. The summed E-state index contributed by atoms with van der Waals surface area (Å²) < 4.78 is 5.37. The largest absolute Gasteiger partial charge is 0.378 e. The van der Waals surface area contributed by atoms with Crippen LogP contribution in [0, 0.1) is 18.3 Å². The van der Waals surface area contributed by atoms with Gasteiger partial charge in [0.2, 0.25) is 5.95 Å². The minimum atomic E-state index is 0.561. The van der Waals surface area contributed by atoms with E-state index in [1.165, 1.54) is 0 Å². The Labute approximate surface area is 129 Å². The van der Waals surface area contributed by atoms with Crippen molar-refractivity contribution in [3.05, 3.63) is 41.6 Å².